The van der Waals surface area contributed by atoms with Crippen LogP contribution in [0, 0.1) is 29.6 Å². The lowest BCUT2D eigenvalue weighted by molar-refractivity contribution is -0.133. The summed E-state index contributed by atoms with van der Waals surface area (Å²) in [6.07, 6.45) is 10.1. The van der Waals surface area contributed by atoms with Gasteiger partial charge in [0, 0.05) is 37.9 Å². The van der Waals surface area contributed by atoms with Crippen molar-refractivity contribution in [3.05, 3.63) is 59.9 Å². The molecule has 5 nitrogen and oxygen atoms in total. The molecule has 2 aliphatic carbocycles. The van der Waals surface area contributed by atoms with Crippen LogP contribution in [-0.2, 0) is 4.79 Å². The molecule has 5 rings (SSSR count). The molecular formula is C25H26N4O. The molecule has 1 aromatic carbocycles. The van der Waals surface area contributed by atoms with E-state index in [0.29, 0.717) is 17.8 Å². The first-order valence-corrected chi connectivity index (χ1v) is 10.9. The summed E-state index contributed by atoms with van der Waals surface area (Å²) in [7, 11) is 0. The van der Waals surface area contributed by atoms with Crippen LogP contribution in [-0.4, -0.2) is 40.4 Å². The fourth-order valence-corrected chi connectivity index (χ4v) is 3.93. The molecule has 1 aliphatic heterocycles. The highest BCUT2D eigenvalue weighted by Crippen LogP contribution is 2.40. The summed E-state index contributed by atoms with van der Waals surface area (Å²) in [5.41, 5.74) is 3.22. The molecule has 2 fully saturated rings. The van der Waals surface area contributed by atoms with Crippen LogP contribution in [0.3, 0.4) is 0 Å². The van der Waals surface area contributed by atoms with Crippen molar-refractivity contribution in [1.82, 2.24) is 14.9 Å². The average Bonchev–Trinajstić information content (AvgIpc) is 3.72. The van der Waals surface area contributed by atoms with Crippen molar-refractivity contribution >= 4 is 17.4 Å². The molecule has 1 atom stereocenters. The van der Waals surface area contributed by atoms with Crippen molar-refractivity contribution in [3.8, 4) is 11.8 Å². The molecule has 152 valence electrons. The Morgan fingerprint density at radius 1 is 1.07 bits per heavy atom. The average molecular weight is 399 g/mol. The molecule has 2 heterocycles. The third-order valence-corrected chi connectivity index (χ3v) is 6.07. The molecule has 0 spiro atoms. The third-order valence-electron chi connectivity index (χ3n) is 6.07. The van der Waals surface area contributed by atoms with E-state index < -0.39 is 0 Å². The summed E-state index contributed by atoms with van der Waals surface area (Å²) < 4.78 is 0. The maximum atomic E-state index is 12.8. The lowest BCUT2D eigenvalue weighted by atomic mass is 9.96. The Morgan fingerprint density at radius 2 is 1.80 bits per heavy atom. The molecule has 1 saturated carbocycles. The molecule has 1 N–H and O–H groups in total. The van der Waals surface area contributed by atoms with Crippen LogP contribution in [0.4, 0.5) is 5.95 Å². The van der Waals surface area contributed by atoms with E-state index in [1.807, 2.05) is 23.1 Å². The van der Waals surface area contributed by atoms with Crippen molar-refractivity contribution < 1.29 is 4.79 Å². The topological polar surface area (TPSA) is 58.1 Å². The lowest BCUT2D eigenvalue weighted by Crippen LogP contribution is -2.41. The van der Waals surface area contributed by atoms with Gasteiger partial charge < -0.3 is 10.2 Å². The zero-order chi connectivity index (χ0) is 20.3. The summed E-state index contributed by atoms with van der Waals surface area (Å²) in [5, 5.41) is 3.34. The fourth-order valence-electron chi connectivity index (χ4n) is 3.93. The summed E-state index contributed by atoms with van der Waals surface area (Å²) >= 11 is 0. The largest absolute Gasteiger partial charge is 0.354 e. The minimum Gasteiger partial charge on any atom is -0.354 e. The predicted octanol–water partition coefficient (Wildman–Crippen LogP) is 3.60. The highest BCUT2D eigenvalue weighted by molar-refractivity contribution is 6.03. The third kappa shape index (κ3) is 4.54. The van der Waals surface area contributed by atoms with Gasteiger partial charge in [-0.25, -0.2) is 9.97 Å². The maximum absolute atomic E-state index is 12.8. The van der Waals surface area contributed by atoms with Gasteiger partial charge in [0.1, 0.15) is 0 Å². The Bertz CT molecular complexity index is 991. The number of nitrogens with one attached hydrogen (secondary N) is 1. The summed E-state index contributed by atoms with van der Waals surface area (Å²) in [6.45, 7) is 2.49. The van der Waals surface area contributed by atoms with Crippen molar-refractivity contribution in [2.75, 3.05) is 25.0 Å². The van der Waals surface area contributed by atoms with Gasteiger partial charge in [-0.15, -0.1) is 0 Å². The van der Waals surface area contributed by atoms with Crippen LogP contribution in [0.1, 0.15) is 36.8 Å². The van der Waals surface area contributed by atoms with E-state index in [0.717, 1.165) is 38.0 Å². The van der Waals surface area contributed by atoms with Gasteiger partial charge in [0.25, 0.3) is 0 Å². The van der Waals surface area contributed by atoms with Gasteiger partial charge in [0.2, 0.25) is 11.9 Å². The van der Waals surface area contributed by atoms with E-state index in [2.05, 4.69) is 45.3 Å². The standard InChI is InChI=1S/C25H26N4O/c30-24(23-14-22(23)21-4-2-1-3-5-21)29-12-10-19(11-13-29)15-26-25-27-16-20(17-28-25)9-8-18-6-7-18/h1-5,14,16-19,23H,6-7,10-13,15H2,(H,26,27,28)/t23-/m1/s1. The van der Waals surface area contributed by atoms with E-state index in [1.54, 1.807) is 12.4 Å². The van der Waals surface area contributed by atoms with Crippen LogP contribution in [0.25, 0.3) is 5.57 Å². The molecule has 1 saturated heterocycles. The van der Waals surface area contributed by atoms with E-state index in [9.17, 15) is 4.79 Å². The van der Waals surface area contributed by atoms with E-state index in [4.69, 9.17) is 0 Å². The molecule has 1 amide bonds. The lowest BCUT2D eigenvalue weighted by Gasteiger charge is -2.32. The second kappa shape index (κ2) is 8.31. The quantitative estimate of drug-likeness (QED) is 0.782. The van der Waals surface area contributed by atoms with Gasteiger partial charge in [-0.1, -0.05) is 48.2 Å². The second-order valence-electron chi connectivity index (χ2n) is 8.45. The molecule has 5 heteroatoms. The molecule has 2 aromatic rings. The van der Waals surface area contributed by atoms with Crippen molar-refractivity contribution in [2.45, 2.75) is 25.7 Å². The van der Waals surface area contributed by atoms with Gasteiger partial charge in [0.15, 0.2) is 0 Å². The zero-order valence-corrected chi connectivity index (χ0v) is 17.1. The Balaban J connectivity index is 1.05. The van der Waals surface area contributed by atoms with Crippen molar-refractivity contribution in [3.63, 3.8) is 0 Å². The minimum absolute atomic E-state index is 0.0167. The highest BCUT2D eigenvalue weighted by atomic mass is 16.2. The maximum Gasteiger partial charge on any atom is 0.233 e. The summed E-state index contributed by atoms with van der Waals surface area (Å²) in [5.74, 6) is 8.38. The number of rotatable bonds is 5. The number of nitrogens with zero attached hydrogens (tertiary/aromatic N) is 3. The van der Waals surface area contributed by atoms with E-state index >= 15 is 0 Å². The number of hydrogen-bond acceptors (Lipinski definition) is 4. The van der Waals surface area contributed by atoms with Crippen LogP contribution in [0.2, 0.25) is 0 Å². The Morgan fingerprint density at radius 3 is 2.50 bits per heavy atom. The molecule has 3 aliphatic rings. The Hall–Kier alpha value is -3.13. The van der Waals surface area contributed by atoms with Crippen LogP contribution < -0.4 is 5.32 Å². The zero-order valence-electron chi connectivity index (χ0n) is 17.1. The predicted molar refractivity (Wildman–Crippen MR) is 117 cm³/mol. The highest BCUT2D eigenvalue weighted by Gasteiger charge is 2.37. The number of likely N-dealkylation sites (tertiary alicyclic amines) is 1. The smallest absolute Gasteiger partial charge is 0.233 e. The number of carbonyl (C=O) groups excluding carboxylic acids is 1. The normalized spacial score (nSPS) is 20.7. The van der Waals surface area contributed by atoms with Gasteiger partial charge in [-0.2, -0.15) is 0 Å². The monoisotopic (exact) mass is 398 g/mol. The molecule has 0 radical (unpaired) electrons. The van der Waals surface area contributed by atoms with Gasteiger partial charge >= 0.3 is 0 Å². The number of piperidine rings is 1. The van der Waals surface area contributed by atoms with Gasteiger partial charge in [-0.3, -0.25) is 4.79 Å². The number of amides is 1. The SMILES string of the molecule is O=C([C@@H]1C=C1c1ccccc1)N1CCC(CNc2ncc(C#CC3CC3)cn2)CC1. The second-order valence-corrected chi connectivity index (χ2v) is 8.45. The molecular weight excluding hydrogens is 372 g/mol. The van der Waals surface area contributed by atoms with Gasteiger partial charge in [0.05, 0.1) is 11.5 Å². The van der Waals surface area contributed by atoms with Gasteiger partial charge in [-0.05, 0) is 42.7 Å². The number of hydrogen-bond donors (Lipinski definition) is 1. The van der Waals surface area contributed by atoms with E-state index in [-0.39, 0.29) is 11.8 Å². The van der Waals surface area contributed by atoms with Crippen molar-refractivity contribution in [2.24, 2.45) is 17.8 Å². The minimum atomic E-state index is -0.0167. The Kier molecular flexibility index (Phi) is 5.23. The Labute approximate surface area is 177 Å². The first kappa shape index (κ1) is 18.9. The molecule has 30 heavy (non-hydrogen) atoms. The summed E-state index contributed by atoms with van der Waals surface area (Å²) in [4.78, 5) is 23.6. The van der Waals surface area contributed by atoms with Crippen LogP contribution >= 0.6 is 0 Å². The van der Waals surface area contributed by atoms with Crippen LogP contribution in [0.5, 0.6) is 0 Å². The van der Waals surface area contributed by atoms with E-state index in [1.165, 1.54) is 24.0 Å². The first-order valence-electron chi connectivity index (χ1n) is 10.9. The van der Waals surface area contributed by atoms with Crippen molar-refractivity contribution in [1.29, 1.82) is 0 Å². The number of benzene rings is 1. The molecule has 0 unspecified atom stereocenters. The van der Waals surface area contributed by atoms with Crippen LogP contribution in [0.15, 0.2) is 48.8 Å². The fraction of sp³-hybridized carbons (Fsp3) is 0.400. The number of aromatic nitrogens is 2. The number of carbonyl (C=O) groups is 1. The molecule has 1 aromatic heterocycles. The summed E-state index contributed by atoms with van der Waals surface area (Å²) in [6, 6.07) is 10.2. The number of anilines is 1. The molecule has 0 bridgehead atoms. The first-order chi connectivity index (χ1) is 14.8.